The monoisotopic (exact) mass is 359 g/mol. The molecule has 4 rings (SSSR count). The molecule has 1 aromatic rings. The quantitative estimate of drug-likeness (QED) is 0.898. The van der Waals surface area contributed by atoms with Gasteiger partial charge in [-0.2, -0.15) is 0 Å². The third-order valence-corrected chi connectivity index (χ3v) is 5.92. The highest BCUT2D eigenvalue weighted by atomic mass is 16.6. The van der Waals surface area contributed by atoms with E-state index in [0.717, 1.165) is 36.4 Å². The summed E-state index contributed by atoms with van der Waals surface area (Å²) in [6.45, 7) is 1.84. The number of amides is 1. The minimum atomic E-state index is -0.733. The first-order valence-corrected chi connectivity index (χ1v) is 9.57. The summed E-state index contributed by atoms with van der Waals surface area (Å²) in [7, 11) is 0. The van der Waals surface area contributed by atoms with E-state index < -0.39 is 5.97 Å². The van der Waals surface area contributed by atoms with Crippen molar-refractivity contribution in [3.63, 3.8) is 0 Å². The van der Waals surface area contributed by atoms with Crippen LogP contribution in [0.25, 0.3) is 0 Å². The molecule has 140 valence electrons. The van der Waals surface area contributed by atoms with Gasteiger partial charge in [-0.15, -0.1) is 0 Å². The summed E-state index contributed by atoms with van der Waals surface area (Å²) >= 11 is 0. The van der Waals surface area contributed by atoms with Gasteiger partial charge in [0, 0.05) is 18.0 Å². The van der Waals surface area contributed by atoms with Gasteiger partial charge in [-0.3, -0.25) is 9.59 Å². The van der Waals surface area contributed by atoms with E-state index in [1.54, 1.807) is 0 Å². The molecule has 1 aliphatic carbocycles. The van der Waals surface area contributed by atoms with Crippen LogP contribution < -0.4 is 9.47 Å². The average Bonchev–Trinajstić information content (AvgIpc) is 3.16. The summed E-state index contributed by atoms with van der Waals surface area (Å²) in [4.78, 5) is 26.3. The number of rotatable bonds is 3. The molecule has 1 unspecified atom stereocenters. The van der Waals surface area contributed by atoms with E-state index in [-0.39, 0.29) is 23.8 Å². The van der Waals surface area contributed by atoms with Crippen molar-refractivity contribution in [1.29, 1.82) is 0 Å². The van der Waals surface area contributed by atoms with Gasteiger partial charge in [-0.05, 0) is 44.6 Å². The van der Waals surface area contributed by atoms with E-state index in [4.69, 9.17) is 14.6 Å². The van der Waals surface area contributed by atoms with Crippen molar-refractivity contribution in [3.05, 3.63) is 23.8 Å². The van der Waals surface area contributed by atoms with Crippen LogP contribution in [-0.4, -0.2) is 41.6 Å². The number of benzene rings is 1. The van der Waals surface area contributed by atoms with E-state index in [1.807, 2.05) is 23.1 Å². The molecule has 0 aromatic heterocycles. The van der Waals surface area contributed by atoms with Crippen molar-refractivity contribution in [2.45, 2.75) is 44.6 Å². The molecule has 3 aliphatic rings. The Balaban J connectivity index is 1.51. The van der Waals surface area contributed by atoms with Crippen molar-refractivity contribution in [1.82, 2.24) is 4.90 Å². The Kier molecular flexibility index (Phi) is 4.74. The van der Waals surface area contributed by atoms with Crippen molar-refractivity contribution in [3.8, 4) is 11.5 Å². The van der Waals surface area contributed by atoms with Crippen LogP contribution in [0.5, 0.6) is 11.5 Å². The second-order valence-electron chi connectivity index (χ2n) is 7.45. The van der Waals surface area contributed by atoms with Crippen LogP contribution in [0.2, 0.25) is 0 Å². The van der Waals surface area contributed by atoms with Gasteiger partial charge in [0.25, 0.3) is 0 Å². The zero-order valence-corrected chi connectivity index (χ0v) is 14.9. The molecule has 1 N–H and O–H groups in total. The number of hydrogen-bond donors (Lipinski definition) is 1. The van der Waals surface area contributed by atoms with Crippen LogP contribution >= 0.6 is 0 Å². The maximum atomic E-state index is 13.1. The third-order valence-electron chi connectivity index (χ3n) is 5.92. The zero-order valence-electron chi connectivity index (χ0n) is 14.9. The maximum absolute atomic E-state index is 13.1. The van der Waals surface area contributed by atoms with Gasteiger partial charge >= 0.3 is 5.97 Å². The molecule has 0 radical (unpaired) electrons. The molecule has 2 heterocycles. The van der Waals surface area contributed by atoms with E-state index in [1.165, 1.54) is 0 Å². The predicted octanol–water partition coefficient (Wildman–Crippen LogP) is 3.01. The number of ether oxygens (including phenoxy) is 2. The molecule has 1 saturated heterocycles. The molecule has 1 amide bonds. The molecular formula is C20H25NO5. The maximum Gasteiger partial charge on any atom is 0.306 e. The van der Waals surface area contributed by atoms with E-state index in [0.29, 0.717) is 38.9 Å². The molecule has 6 nitrogen and oxygen atoms in total. The number of para-hydroxylation sites is 1. The Morgan fingerprint density at radius 1 is 1.00 bits per heavy atom. The lowest BCUT2D eigenvalue weighted by Crippen LogP contribution is -2.38. The van der Waals surface area contributed by atoms with Gasteiger partial charge in [-0.25, -0.2) is 0 Å². The van der Waals surface area contributed by atoms with Crippen LogP contribution in [0.15, 0.2) is 18.2 Å². The van der Waals surface area contributed by atoms with Crippen LogP contribution in [0.4, 0.5) is 0 Å². The van der Waals surface area contributed by atoms with Crippen molar-refractivity contribution in [2.75, 3.05) is 19.8 Å². The Morgan fingerprint density at radius 3 is 2.50 bits per heavy atom. The van der Waals surface area contributed by atoms with Crippen molar-refractivity contribution in [2.24, 2.45) is 11.8 Å². The topological polar surface area (TPSA) is 76.1 Å². The summed E-state index contributed by atoms with van der Waals surface area (Å²) in [5.41, 5.74) is 1.03. The first kappa shape index (κ1) is 17.2. The Labute approximate surface area is 153 Å². The highest BCUT2D eigenvalue weighted by Crippen LogP contribution is 2.44. The molecule has 2 aliphatic heterocycles. The van der Waals surface area contributed by atoms with E-state index >= 15 is 0 Å². The van der Waals surface area contributed by atoms with Gasteiger partial charge in [0.05, 0.1) is 12.0 Å². The number of carbonyl (C=O) groups excluding carboxylic acids is 1. The molecule has 6 heteroatoms. The highest BCUT2D eigenvalue weighted by molar-refractivity contribution is 5.80. The molecule has 26 heavy (non-hydrogen) atoms. The predicted molar refractivity (Wildman–Crippen MR) is 94.2 cm³/mol. The lowest BCUT2D eigenvalue weighted by molar-refractivity contribution is -0.146. The van der Waals surface area contributed by atoms with Crippen LogP contribution in [0, 0.1) is 11.8 Å². The standard InChI is InChI=1S/C20H25NO5/c22-19(13-6-8-14(9-7-13)20(23)24)21-10-2-4-16(21)15-3-1-5-17-18(15)26-12-11-25-17/h1,3,5,13-14,16H,2,4,6-12H2,(H,23,24). The number of fused-ring (bicyclic) bond motifs is 1. The number of carboxylic acid groups (broad SMARTS) is 1. The molecule has 2 fully saturated rings. The third kappa shape index (κ3) is 3.13. The first-order valence-electron chi connectivity index (χ1n) is 9.57. The number of carboxylic acids is 1. The SMILES string of the molecule is O=C(O)C1CCC(C(=O)N2CCCC2c2cccc3c2OCCO3)CC1. The molecule has 1 saturated carbocycles. The van der Waals surface area contributed by atoms with Crippen LogP contribution in [0.1, 0.15) is 50.1 Å². The molecule has 0 bridgehead atoms. The number of likely N-dealkylation sites (tertiary alicyclic amines) is 1. The lowest BCUT2D eigenvalue weighted by atomic mass is 9.81. The normalized spacial score (nSPS) is 28.0. The number of hydrogen-bond acceptors (Lipinski definition) is 4. The Bertz CT molecular complexity index is 695. The second kappa shape index (κ2) is 7.17. The Hall–Kier alpha value is -2.24. The van der Waals surface area contributed by atoms with Crippen LogP contribution in [0.3, 0.4) is 0 Å². The highest BCUT2D eigenvalue weighted by Gasteiger charge is 2.38. The van der Waals surface area contributed by atoms with Gasteiger partial charge < -0.3 is 19.5 Å². The molecule has 1 atom stereocenters. The average molecular weight is 359 g/mol. The molecular weight excluding hydrogens is 334 g/mol. The summed E-state index contributed by atoms with van der Waals surface area (Å²) in [5.74, 6) is 0.629. The fourth-order valence-corrected chi connectivity index (χ4v) is 4.53. The smallest absolute Gasteiger partial charge is 0.306 e. The van der Waals surface area contributed by atoms with Crippen LogP contribution in [-0.2, 0) is 9.59 Å². The van der Waals surface area contributed by atoms with E-state index in [2.05, 4.69) is 0 Å². The first-order chi connectivity index (χ1) is 12.6. The fraction of sp³-hybridized carbons (Fsp3) is 0.600. The number of nitrogens with zero attached hydrogens (tertiary/aromatic N) is 1. The number of aliphatic carboxylic acids is 1. The minimum absolute atomic E-state index is 0.0244. The second-order valence-corrected chi connectivity index (χ2v) is 7.45. The van der Waals surface area contributed by atoms with Gasteiger partial charge in [0.15, 0.2) is 11.5 Å². The largest absolute Gasteiger partial charge is 0.486 e. The minimum Gasteiger partial charge on any atom is -0.486 e. The summed E-state index contributed by atoms with van der Waals surface area (Å²) < 4.78 is 11.5. The van der Waals surface area contributed by atoms with Crippen molar-refractivity contribution < 1.29 is 24.2 Å². The van der Waals surface area contributed by atoms with Gasteiger partial charge in [-0.1, -0.05) is 12.1 Å². The van der Waals surface area contributed by atoms with Gasteiger partial charge in [0.1, 0.15) is 13.2 Å². The molecule has 1 aromatic carbocycles. The lowest BCUT2D eigenvalue weighted by Gasteiger charge is -2.33. The van der Waals surface area contributed by atoms with Crippen molar-refractivity contribution >= 4 is 11.9 Å². The fourth-order valence-electron chi connectivity index (χ4n) is 4.53. The number of carbonyl (C=O) groups is 2. The van der Waals surface area contributed by atoms with E-state index in [9.17, 15) is 9.59 Å². The summed E-state index contributed by atoms with van der Waals surface area (Å²) in [6, 6.07) is 5.93. The summed E-state index contributed by atoms with van der Waals surface area (Å²) in [6.07, 6.45) is 4.45. The summed E-state index contributed by atoms with van der Waals surface area (Å²) in [5, 5.41) is 9.16. The zero-order chi connectivity index (χ0) is 18.1. The molecule has 0 spiro atoms. The van der Waals surface area contributed by atoms with Gasteiger partial charge in [0.2, 0.25) is 5.91 Å². The Morgan fingerprint density at radius 2 is 1.73 bits per heavy atom.